The molecule has 0 aliphatic carbocycles. The van der Waals surface area contributed by atoms with Gasteiger partial charge < -0.3 is 5.32 Å². The first-order valence-electron chi connectivity index (χ1n) is 4.71. The first-order chi connectivity index (χ1) is 7.84. The number of anilines is 1. The summed E-state index contributed by atoms with van der Waals surface area (Å²) in [4.78, 5) is 0. The van der Waals surface area contributed by atoms with Crippen LogP contribution in [-0.2, 0) is 6.18 Å². The molecule has 1 N–H and O–H groups in total. The molecular formula is C11H10Cl2F3N. The maximum atomic E-state index is 12.5. The van der Waals surface area contributed by atoms with Crippen molar-refractivity contribution in [3.8, 4) is 0 Å². The van der Waals surface area contributed by atoms with E-state index in [-0.39, 0.29) is 6.54 Å². The van der Waals surface area contributed by atoms with E-state index in [1.807, 2.05) is 0 Å². The summed E-state index contributed by atoms with van der Waals surface area (Å²) in [6.07, 6.45) is -4.35. The Morgan fingerprint density at radius 1 is 1.41 bits per heavy atom. The van der Waals surface area contributed by atoms with Crippen LogP contribution in [0.3, 0.4) is 0 Å². The van der Waals surface area contributed by atoms with Crippen molar-refractivity contribution in [2.45, 2.75) is 13.1 Å². The van der Waals surface area contributed by atoms with E-state index >= 15 is 0 Å². The summed E-state index contributed by atoms with van der Waals surface area (Å²) in [6, 6.07) is 3.50. The third kappa shape index (κ3) is 4.13. The van der Waals surface area contributed by atoms with Gasteiger partial charge >= 0.3 is 6.18 Å². The molecule has 0 unspecified atom stereocenters. The highest BCUT2D eigenvalue weighted by atomic mass is 35.5. The van der Waals surface area contributed by atoms with Crippen molar-refractivity contribution in [1.29, 1.82) is 0 Å². The molecule has 0 bridgehead atoms. The lowest BCUT2D eigenvalue weighted by molar-refractivity contribution is -0.137. The van der Waals surface area contributed by atoms with E-state index in [1.165, 1.54) is 6.07 Å². The second-order valence-corrected chi connectivity index (χ2v) is 4.14. The third-order valence-electron chi connectivity index (χ3n) is 2.13. The van der Waals surface area contributed by atoms with E-state index in [4.69, 9.17) is 23.2 Å². The molecule has 17 heavy (non-hydrogen) atoms. The Morgan fingerprint density at radius 2 is 2.06 bits per heavy atom. The average Bonchev–Trinajstić information content (AvgIpc) is 2.26. The Morgan fingerprint density at radius 3 is 2.59 bits per heavy atom. The Hall–Kier alpha value is -0.870. The summed E-state index contributed by atoms with van der Waals surface area (Å²) in [6.45, 7) is 1.90. The van der Waals surface area contributed by atoms with Gasteiger partial charge in [-0.05, 0) is 24.6 Å². The van der Waals surface area contributed by atoms with Crippen LogP contribution in [0.1, 0.15) is 11.1 Å². The van der Waals surface area contributed by atoms with E-state index < -0.39 is 11.7 Å². The van der Waals surface area contributed by atoms with Gasteiger partial charge in [0.15, 0.2) is 0 Å². The van der Waals surface area contributed by atoms with Crippen molar-refractivity contribution >= 4 is 28.9 Å². The fourth-order valence-electron chi connectivity index (χ4n) is 1.21. The Bertz CT molecular complexity index is 427. The minimum Gasteiger partial charge on any atom is -0.380 e. The number of rotatable bonds is 3. The van der Waals surface area contributed by atoms with Gasteiger partial charge in [-0.3, -0.25) is 0 Å². The number of alkyl halides is 3. The van der Waals surface area contributed by atoms with E-state index in [2.05, 4.69) is 5.32 Å². The van der Waals surface area contributed by atoms with Gasteiger partial charge in [-0.25, -0.2) is 0 Å². The standard InChI is InChI=1S/C11H10Cl2F3N/c1-7-2-3-8(11(14,15)16)4-10(7)17-6-9(13)5-12/h2-5,17H,6H2,1H3. The molecule has 0 radical (unpaired) electrons. The zero-order valence-corrected chi connectivity index (χ0v) is 10.4. The van der Waals surface area contributed by atoms with Crippen molar-refractivity contribution in [2.24, 2.45) is 0 Å². The normalized spacial score (nSPS) is 12.7. The molecule has 1 aromatic carbocycles. The van der Waals surface area contributed by atoms with Crippen LogP contribution in [0, 0.1) is 6.92 Å². The first-order valence-corrected chi connectivity index (χ1v) is 5.52. The molecule has 6 heteroatoms. The van der Waals surface area contributed by atoms with Crippen molar-refractivity contribution in [3.05, 3.63) is 39.9 Å². The topological polar surface area (TPSA) is 12.0 Å². The zero-order valence-electron chi connectivity index (χ0n) is 8.91. The molecule has 0 fully saturated rings. The molecule has 0 saturated carbocycles. The number of benzene rings is 1. The van der Waals surface area contributed by atoms with E-state index in [1.54, 1.807) is 6.92 Å². The maximum Gasteiger partial charge on any atom is 0.416 e. The molecule has 1 aromatic rings. The van der Waals surface area contributed by atoms with Crippen LogP contribution in [0.5, 0.6) is 0 Å². The van der Waals surface area contributed by atoms with E-state index in [0.29, 0.717) is 16.3 Å². The molecule has 0 atom stereocenters. The molecule has 0 aliphatic heterocycles. The van der Waals surface area contributed by atoms with E-state index in [0.717, 1.165) is 17.7 Å². The molecule has 1 nitrogen and oxygen atoms in total. The molecular weight excluding hydrogens is 274 g/mol. The summed E-state index contributed by atoms with van der Waals surface area (Å²) in [5.41, 5.74) is 1.56. The minimum absolute atomic E-state index is 0.188. The Balaban J connectivity index is 2.91. The van der Waals surface area contributed by atoms with Crippen LogP contribution in [-0.4, -0.2) is 6.54 Å². The monoisotopic (exact) mass is 283 g/mol. The maximum absolute atomic E-state index is 12.5. The summed E-state index contributed by atoms with van der Waals surface area (Å²) in [5, 5.41) is 3.11. The fraction of sp³-hybridized carbons (Fsp3) is 0.273. The van der Waals surface area contributed by atoms with Crippen molar-refractivity contribution in [2.75, 3.05) is 11.9 Å². The molecule has 0 saturated heterocycles. The van der Waals surface area contributed by atoms with Gasteiger partial charge in [-0.1, -0.05) is 29.3 Å². The average molecular weight is 284 g/mol. The molecule has 0 spiro atoms. The van der Waals surface area contributed by atoms with Gasteiger partial charge in [0.2, 0.25) is 0 Å². The molecule has 1 rings (SSSR count). The quantitative estimate of drug-likeness (QED) is 0.845. The zero-order chi connectivity index (χ0) is 13.1. The predicted octanol–water partition coefficient (Wildman–Crippen LogP) is 4.74. The van der Waals surface area contributed by atoms with Crippen LogP contribution in [0.15, 0.2) is 28.8 Å². The predicted molar refractivity (Wildman–Crippen MR) is 64.5 cm³/mol. The van der Waals surface area contributed by atoms with Crippen LogP contribution in [0.4, 0.5) is 18.9 Å². The summed E-state index contributed by atoms with van der Waals surface area (Å²) >= 11 is 11.0. The highest BCUT2D eigenvalue weighted by molar-refractivity contribution is 6.36. The molecule has 0 aromatic heterocycles. The number of nitrogens with one attached hydrogen (secondary N) is 1. The SMILES string of the molecule is Cc1ccc(C(F)(F)F)cc1NCC(Cl)=CCl. The van der Waals surface area contributed by atoms with Gasteiger partial charge in [-0.15, -0.1) is 0 Å². The lowest BCUT2D eigenvalue weighted by Gasteiger charge is -2.12. The second kappa shape index (κ2) is 5.65. The highest BCUT2D eigenvalue weighted by Crippen LogP contribution is 2.32. The van der Waals surface area contributed by atoms with Crippen LogP contribution in [0.25, 0.3) is 0 Å². The van der Waals surface area contributed by atoms with Gasteiger partial charge in [0, 0.05) is 16.3 Å². The lowest BCUT2D eigenvalue weighted by Crippen LogP contribution is -2.08. The molecule has 0 amide bonds. The Kier molecular flexibility index (Phi) is 4.71. The third-order valence-corrected chi connectivity index (χ3v) is 2.75. The van der Waals surface area contributed by atoms with Gasteiger partial charge in [0.1, 0.15) is 0 Å². The first kappa shape index (κ1) is 14.2. The van der Waals surface area contributed by atoms with E-state index in [9.17, 15) is 13.2 Å². The van der Waals surface area contributed by atoms with Gasteiger partial charge in [0.05, 0.1) is 12.1 Å². The number of halogens is 5. The van der Waals surface area contributed by atoms with Crippen molar-refractivity contribution in [1.82, 2.24) is 0 Å². The molecule has 94 valence electrons. The number of aryl methyl sites for hydroxylation is 1. The molecule has 0 heterocycles. The second-order valence-electron chi connectivity index (χ2n) is 3.44. The lowest BCUT2D eigenvalue weighted by atomic mass is 10.1. The highest BCUT2D eigenvalue weighted by Gasteiger charge is 2.30. The number of hydrogen-bond acceptors (Lipinski definition) is 1. The van der Waals surface area contributed by atoms with Crippen LogP contribution >= 0.6 is 23.2 Å². The summed E-state index contributed by atoms with van der Waals surface area (Å²) < 4.78 is 37.4. The van der Waals surface area contributed by atoms with Crippen molar-refractivity contribution < 1.29 is 13.2 Å². The summed E-state index contributed by atoms with van der Waals surface area (Å²) in [7, 11) is 0. The minimum atomic E-state index is -4.35. The van der Waals surface area contributed by atoms with Gasteiger partial charge in [-0.2, -0.15) is 13.2 Å². The Labute approximate surface area is 107 Å². The summed E-state index contributed by atoms with van der Waals surface area (Å²) in [5.74, 6) is 0. The fourth-order valence-corrected chi connectivity index (χ4v) is 1.35. The van der Waals surface area contributed by atoms with Gasteiger partial charge in [0.25, 0.3) is 0 Å². The largest absolute Gasteiger partial charge is 0.416 e. The van der Waals surface area contributed by atoms with Crippen molar-refractivity contribution in [3.63, 3.8) is 0 Å². The number of hydrogen-bond donors (Lipinski definition) is 1. The van der Waals surface area contributed by atoms with Crippen LogP contribution in [0.2, 0.25) is 0 Å². The molecule has 0 aliphatic rings. The van der Waals surface area contributed by atoms with Crippen LogP contribution < -0.4 is 5.32 Å². The smallest absolute Gasteiger partial charge is 0.380 e.